The average molecular weight is 342 g/mol. The Labute approximate surface area is 130 Å². The van der Waals surface area contributed by atoms with Crippen LogP contribution in [-0.2, 0) is 0 Å². The van der Waals surface area contributed by atoms with Crippen molar-refractivity contribution < 1.29 is 9.90 Å². The molecule has 0 aliphatic rings. The molecule has 0 bridgehead atoms. The molecule has 0 unspecified atom stereocenters. The van der Waals surface area contributed by atoms with Crippen molar-refractivity contribution in [1.82, 2.24) is 4.57 Å². The molecule has 0 aliphatic heterocycles. The van der Waals surface area contributed by atoms with Gasteiger partial charge >= 0.3 is 5.97 Å². The molecule has 0 saturated carbocycles. The third-order valence-electron chi connectivity index (χ3n) is 3.25. The number of rotatable bonds is 3. The number of aromatic carboxylic acids is 1. The third-order valence-corrected chi connectivity index (χ3v) is 3.69. The molecule has 1 aromatic heterocycles. The highest BCUT2D eigenvalue weighted by atomic mass is 79.9. The van der Waals surface area contributed by atoms with Crippen molar-refractivity contribution in [3.8, 4) is 16.8 Å². The summed E-state index contributed by atoms with van der Waals surface area (Å²) in [6.07, 6.45) is 1.77. The lowest BCUT2D eigenvalue weighted by Gasteiger charge is -2.12. The van der Waals surface area contributed by atoms with Gasteiger partial charge in [-0.1, -0.05) is 48.5 Å². The zero-order valence-electron chi connectivity index (χ0n) is 11.0. The summed E-state index contributed by atoms with van der Waals surface area (Å²) in [5.74, 6) is -0.955. The molecule has 0 fully saturated rings. The van der Waals surface area contributed by atoms with Gasteiger partial charge in [-0.3, -0.25) is 0 Å². The Hall–Kier alpha value is -2.33. The summed E-state index contributed by atoms with van der Waals surface area (Å²) < 4.78 is 2.43. The van der Waals surface area contributed by atoms with Gasteiger partial charge in [0, 0.05) is 16.2 Å². The van der Waals surface area contributed by atoms with E-state index in [0.29, 0.717) is 0 Å². The minimum atomic E-state index is -0.955. The van der Waals surface area contributed by atoms with Crippen LogP contribution in [0.1, 0.15) is 10.5 Å². The molecule has 1 heterocycles. The lowest BCUT2D eigenvalue weighted by Crippen LogP contribution is -2.06. The molecule has 0 atom stereocenters. The predicted molar refractivity (Wildman–Crippen MR) is 85.9 cm³/mol. The van der Waals surface area contributed by atoms with E-state index in [0.717, 1.165) is 21.3 Å². The smallest absolute Gasteiger partial charge is 0.352 e. The van der Waals surface area contributed by atoms with Crippen molar-refractivity contribution in [3.63, 3.8) is 0 Å². The van der Waals surface area contributed by atoms with Crippen LogP contribution in [0.25, 0.3) is 16.8 Å². The topological polar surface area (TPSA) is 42.2 Å². The second-order valence-corrected chi connectivity index (χ2v) is 5.52. The number of nitrogens with zero attached hydrogens (tertiary/aromatic N) is 1. The summed E-state index contributed by atoms with van der Waals surface area (Å²) in [4.78, 5) is 11.4. The number of para-hydroxylation sites is 1. The van der Waals surface area contributed by atoms with Crippen LogP contribution in [0.5, 0.6) is 0 Å². The number of carbonyl (C=O) groups is 1. The highest BCUT2D eigenvalue weighted by molar-refractivity contribution is 9.10. The van der Waals surface area contributed by atoms with Gasteiger partial charge < -0.3 is 9.67 Å². The van der Waals surface area contributed by atoms with Gasteiger partial charge in [0.05, 0.1) is 5.69 Å². The first kappa shape index (κ1) is 13.6. The first-order valence-electron chi connectivity index (χ1n) is 6.43. The third kappa shape index (κ3) is 2.62. The summed E-state index contributed by atoms with van der Waals surface area (Å²) in [5, 5.41) is 9.36. The van der Waals surface area contributed by atoms with Crippen molar-refractivity contribution in [2.45, 2.75) is 0 Å². The highest BCUT2D eigenvalue weighted by Gasteiger charge is 2.15. The summed E-state index contributed by atoms with van der Waals surface area (Å²) >= 11 is 3.35. The molecule has 0 amide bonds. The first-order chi connectivity index (χ1) is 10.2. The fourth-order valence-corrected chi connectivity index (χ4v) is 2.76. The largest absolute Gasteiger partial charge is 0.477 e. The summed E-state index contributed by atoms with van der Waals surface area (Å²) in [6.45, 7) is 0. The van der Waals surface area contributed by atoms with Gasteiger partial charge in [-0.15, -0.1) is 0 Å². The SMILES string of the molecule is O=C(O)c1cc(Br)cn1-c1ccccc1-c1ccccc1. The van der Waals surface area contributed by atoms with E-state index in [1.54, 1.807) is 16.8 Å². The van der Waals surface area contributed by atoms with E-state index in [9.17, 15) is 9.90 Å². The monoisotopic (exact) mass is 341 g/mol. The van der Waals surface area contributed by atoms with Crippen LogP contribution < -0.4 is 0 Å². The predicted octanol–water partition coefficient (Wildman–Crippen LogP) is 4.61. The van der Waals surface area contributed by atoms with E-state index < -0.39 is 5.97 Å². The van der Waals surface area contributed by atoms with Crippen LogP contribution >= 0.6 is 15.9 Å². The Morgan fingerprint density at radius 1 is 1.00 bits per heavy atom. The molecule has 3 aromatic rings. The van der Waals surface area contributed by atoms with Crippen molar-refractivity contribution in [2.75, 3.05) is 0 Å². The van der Waals surface area contributed by atoms with E-state index in [4.69, 9.17) is 0 Å². The molecule has 4 heteroatoms. The van der Waals surface area contributed by atoms with Crippen LogP contribution in [-0.4, -0.2) is 15.6 Å². The molecule has 0 radical (unpaired) electrons. The van der Waals surface area contributed by atoms with Crippen LogP contribution in [0.15, 0.2) is 71.3 Å². The Bertz CT molecular complexity index is 794. The standard InChI is InChI=1S/C17H12BrNO2/c18-13-10-16(17(20)21)19(11-13)15-9-5-4-8-14(15)12-6-2-1-3-7-12/h1-11H,(H,20,21). The molecule has 1 N–H and O–H groups in total. The normalized spacial score (nSPS) is 10.5. The number of carboxylic acids is 1. The molecule has 104 valence electrons. The summed E-state index contributed by atoms with van der Waals surface area (Å²) in [5.41, 5.74) is 3.11. The Kier molecular flexibility index (Phi) is 3.62. The van der Waals surface area contributed by atoms with Gasteiger partial charge in [0.15, 0.2) is 0 Å². The van der Waals surface area contributed by atoms with Gasteiger partial charge in [0.1, 0.15) is 5.69 Å². The van der Waals surface area contributed by atoms with E-state index in [2.05, 4.69) is 15.9 Å². The molecule has 2 aromatic carbocycles. The second-order valence-electron chi connectivity index (χ2n) is 4.60. The fourth-order valence-electron chi connectivity index (χ4n) is 2.34. The Morgan fingerprint density at radius 3 is 2.38 bits per heavy atom. The van der Waals surface area contributed by atoms with Crippen LogP contribution in [0, 0.1) is 0 Å². The second kappa shape index (κ2) is 5.58. The van der Waals surface area contributed by atoms with Gasteiger partial charge in [-0.25, -0.2) is 4.79 Å². The van der Waals surface area contributed by atoms with E-state index in [1.165, 1.54) is 0 Å². The van der Waals surface area contributed by atoms with E-state index >= 15 is 0 Å². The van der Waals surface area contributed by atoms with Gasteiger partial charge in [0.2, 0.25) is 0 Å². The number of aromatic nitrogens is 1. The molecule has 21 heavy (non-hydrogen) atoms. The Morgan fingerprint density at radius 2 is 1.67 bits per heavy atom. The molecular formula is C17H12BrNO2. The van der Waals surface area contributed by atoms with Crippen molar-refractivity contribution in [2.24, 2.45) is 0 Å². The maximum absolute atomic E-state index is 11.4. The number of benzene rings is 2. The zero-order valence-corrected chi connectivity index (χ0v) is 12.6. The van der Waals surface area contributed by atoms with Crippen LogP contribution in [0.2, 0.25) is 0 Å². The minimum Gasteiger partial charge on any atom is -0.477 e. The Balaban J connectivity index is 2.23. The van der Waals surface area contributed by atoms with Crippen LogP contribution in [0.3, 0.4) is 0 Å². The van der Waals surface area contributed by atoms with Gasteiger partial charge in [-0.2, -0.15) is 0 Å². The van der Waals surface area contributed by atoms with Gasteiger partial charge in [0.25, 0.3) is 0 Å². The average Bonchev–Trinajstić information content (AvgIpc) is 2.90. The van der Waals surface area contributed by atoms with Gasteiger partial charge in [-0.05, 0) is 33.6 Å². The minimum absolute atomic E-state index is 0.227. The molecule has 0 aliphatic carbocycles. The fraction of sp³-hybridized carbons (Fsp3) is 0. The number of hydrogen-bond donors (Lipinski definition) is 1. The number of hydrogen-bond acceptors (Lipinski definition) is 1. The molecule has 0 spiro atoms. The molecular weight excluding hydrogens is 330 g/mol. The van der Waals surface area contributed by atoms with Crippen molar-refractivity contribution in [1.29, 1.82) is 0 Å². The summed E-state index contributed by atoms with van der Waals surface area (Å²) in [7, 11) is 0. The zero-order chi connectivity index (χ0) is 14.8. The summed E-state index contributed by atoms with van der Waals surface area (Å²) in [6, 6.07) is 19.3. The van der Waals surface area contributed by atoms with E-state index in [1.807, 2.05) is 54.6 Å². The van der Waals surface area contributed by atoms with Crippen LogP contribution in [0.4, 0.5) is 0 Å². The molecule has 3 nitrogen and oxygen atoms in total. The van der Waals surface area contributed by atoms with Crippen molar-refractivity contribution >= 4 is 21.9 Å². The quantitative estimate of drug-likeness (QED) is 0.756. The lowest BCUT2D eigenvalue weighted by molar-refractivity contribution is 0.0688. The van der Waals surface area contributed by atoms with Crippen molar-refractivity contribution in [3.05, 3.63) is 77.0 Å². The lowest BCUT2D eigenvalue weighted by atomic mass is 10.0. The van der Waals surface area contributed by atoms with E-state index in [-0.39, 0.29) is 5.69 Å². The maximum atomic E-state index is 11.4. The highest BCUT2D eigenvalue weighted by Crippen LogP contribution is 2.29. The maximum Gasteiger partial charge on any atom is 0.352 e. The number of carboxylic acid groups (broad SMARTS) is 1. The first-order valence-corrected chi connectivity index (χ1v) is 7.22. The molecule has 0 saturated heterocycles. The number of halogens is 1. The molecule has 3 rings (SSSR count).